The third-order valence-electron chi connectivity index (χ3n) is 2.52. The summed E-state index contributed by atoms with van der Waals surface area (Å²) in [5.74, 6) is -1.63. The van der Waals surface area contributed by atoms with Crippen molar-refractivity contribution in [1.82, 2.24) is 10.2 Å². The summed E-state index contributed by atoms with van der Waals surface area (Å²) in [4.78, 5) is 35.2. The fourth-order valence-electron chi connectivity index (χ4n) is 1.19. The number of rotatable bonds is 6. The van der Waals surface area contributed by atoms with Gasteiger partial charge in [0.15, 0.2) is 0 Å². The molecule has 0 aromatic carbocycles. The lowest BCUT2D eigenvalue weighted by atomic mass is 9.89. The standard InChI is InChI=1S/C11H20N2O4/c1-5-13(7-8(14)12-4)9(15)6-11(2,3)10(16)17/h5-7H2,1-4H3,(H,12,14)(H,16,17). The smallest absolute Gasteiger partial charge is 0.309 e. The van der Waals surface area contributed by atoms with Crippen LogP contribution in [0.5, 0.6) is 0 Å². The summed E-state index contributed by atoms with van der Waals surface area (Å²) in [7, 11) is 1.49. The highest BCUT2D eigenvalue weighted by atomic mass is 16.4. The monoisotopic (exact) mass is 244 g/mol. The second-order valence-electron chi connectivity index (χ2n) is 4.45. The zero-order valence-corrected chi connectivity index (χ0v) is 10.7. The quantitative estimate of drug-likeness (QED) is 0.693. The topological polar surface area (TPSA) is 86.7 Å². The van der Waals surface area contributed by atoms with Crippen LogP contribution in [0.4, 0.5) is 0 Å². The molecule has 0 aliphatic carbocycles. The van der Waals surface area contributed by atoms with Gasteiger partial charge in [0.1, 0.15) is 0 Å². The zero-order valence-electron chi connectivity index (χ0n) is 10.7. The van der Waals surface area contributed by atoms with Crippen LogP contribution in [0.2, 0.25) is 0 Å². The van der Waals surface area contributed by atoms with E-state index in [1.54, 1.807) is 6.92 Å². The van der Waals surface area contributed by atoms with E-state index >= 15 is 0 Å². The van der Waals surface area contributed by atoms with Gasteiger partial charge in [-0.2, -0.15) is 0 Å². The van der Waals surface area contributed by atoms with Gasteiger partial charge in [-0.15, -0.1) is 0 Å². The molecule has 0 spiro atoms. The molecule has 0 aromatic heterocycles. The Morgan fingerprint density at radius 3 is 2.18 bits per heavy atom. The maximum Gasteiger partial charge on any atom is 0.309 e. The SMILES string of the molecule is CCN(CC(=O)NC)C(=O)CC(C)(C)C(=O)O. The van der Waals surface area contributed by atoms with Gasteiger partial charge >= 0.3 is 5.97 Å². The largest absolute Gasteiger partial charge is 0.481 e. The first kappa shape index (κ1) is 15.4. The maximum atomic E-state index is 11.8. The predicted octanol–water partition coefficient (Wildman–Crippen LogP) is 0.0818. The number of hydrogen-bond acceptors (Lipinski definition) is 3. The van der Waals surface area contributed by atoms with Crippen molar-refractivity contribution in [2.75, 3.05) is 20.1 Å². The molecule has 0 heterocycles. The number of aliphatic carboxylic acids is 1. The van der Waals surface area contributed by atoms with Crippen LogP contribution in [-0.4, -0.2) is 47.9 Å². The normalized spacial score (nSPS) is 10.8. The summed E-state index contributed by atoms with van der Waals surface area (Å²) >= 11 is 0. The molecule has 17 heavy (non-hydrogen) atoms. The van der Waals surface area contributed by atoms with Gasteiger partial charge < -0.3 is 15.3 Å². The summed E-state index contributed by atoms with van der Waals surface area (Å²) in [6, 6.07) is 0. The van der Waals surface area contributed by atoms with E-state index in [9.17, 15) is 14.4 Å². The van der Waals surface area contributed by atoms with E-state index in [0.29, 0.717) is 6.54 Å². The summed E-state index contributed by atoms with van der Waals surface area (Å²) in [6.07, 6.45) is -0.118. The molecule has 0 aromatic rings. The highest BCUT2D eigenvalue weighted by Gasteiger charge is 2.32. The molecule has 98 valence electrons. The van der Waals surface area contributed by atoms with Crippen LogP contribution in [0.25, 0.3) is 0 Å². The second kappa shape index (κ2) is 6.22. The Hall–Kier alpha value is -1.59. The Labute approximate surface area is 101 Å². The van der Waals surface area contributed by atoms with E-state index in [1.807, 2.05) is 0 Å². The summed E-state index contributed by atoms with van der Waals surface area (Å²) in [6.45, 7) is 5.06. The molecule has 6 heteroatoms. The van der Waals surface area contributed by atoms with Gasteiger partial charge in [-0.3, -0.25) is 14.4 Å². The number of nitrogens with one attached hydrogen (secondary N) is 1. The van der Waals surface area contributed by atoms with Crippen molar-refractivity contribution in [2.24, 2.45) is 5.41 Å². The number of likely N-dealkylation sites (N-methyl/N-ethyl adjacent to an activating group) is 2. The molecule has 0 saturated carbocycles. The van der Waals surface area contributed by atoms with E-state index in [4.69, 9.17) is 5.11 Å². The molecule has 6 nitrogen and oxygen atoms in total. The van der Waals surface area contributed by atoms with Crippen LogP contribution in [0.3, 0.4) is 0 Å². The van der Waals surface area contributed by atoms with Gasteiger partial charge in [0.2, 0.25) is 11.8 Å². The molecule has 0 bridgehead atoms. The molecule has 2 N–H and O–H groups in total. The first-order valence-corrected chi connectivity index (χ1v) is 5.46. The number of nitrogens with zero attached hydrogens (tertiary/aromatic N) is 1. The third kappa shape index (κ3) is 4.84. The van der Waals surface area contributed by atoms with Crippen LogP contribution in [0.15, 0.2) is 0 Å². The number of hydrogen-bond donors (Lipinski definition) is 2. The van der Waals surface area contributed by atoms with Crippen LogP contribution in [-0.2, 0) is 14.4 Å². The third-order valence-corrected chi connectivity index (χ3v) is 2.52. The molecule has 0 radical (unpaired) electrons. The first-order valence-electron chi connectivity index (χ1n) is 5.46. The number of carboxylic acids is 1. The van der Waals surface area contributed by atoms with Gasteiger partial charge in [-0.1, -0.05) is 0 Å². The Balaban J connectivity index is 4.56. The number of carboxylic acid groups (broad SMARTS) is 1. The van der Waals surface area contributed by atoms with Crippen molar-refractivity contribution in [3.63, 3.8) is 0 Å². The average molecular weight is 244 g/mol. The van der Waals surface area contributed by atoms with Crippen molar-refractivity contribution >= 4 is 17.8 Å². The highest BCUT2D eigenvalue weighted by molar-refractivity contribution is 5.87. The molecular formula is C11H20N2O4. The zero-order chi connectivity index (χ0) is 13.6. The highest BCUT2D eigenvalue weighted by Crippen LogP contribution is 2.21. The van der Waals surface area contributed by atoms with Gasteiger partial charge in [0.25, 0.3) is 0 Å². The molecule has 0 unspecified atom stereocenters. The minimum absolute atomic E-state index is 0.0401. The van der Waals surface area contributed by atoms with E-state index in [-0.39, 0.29) is 24.8 Å². The molecule has 0 atom stereocenters. The van der Waals surface area contributed by atoms with Crippen molar-refractivity contribution in [1.29, 1.82) is 0 Å². The summed E-state index contributed by atoms with van der Waals surface area (Å²) in [5.41, 5.74) is -1.12. The molecule has 0 saturated heterocycles. The van der Waals surface area contributed by atoms with E-state index in [0.717, 1.165) is 0 Å². The fraction of sp³-hybridized carbons (Fsp3) is 0.727. The Kier molecular flexibility index (Phi) is 5.64. The minimum Gasteiger partial charge on any atom is -0.481 e. The molecule has 0 aliphatic heterocycles. The molecule has 0 fully saturated rings. The Morgan fingerprint density at radius 2 is 1.82 bits per heavy atom. The number of carbonyl (C=O) groups is 3. The predicted molar refractivity (Wildman–Crippen MR) is 62.4 cm³/mol. The molecule has 0 rings (SSSR count). The van der Waals surface area contributed by atoms with Gasteiger partial charge in [-0.25, -0.2) is 0 Å². The van der Waals surface area contributed by atoms with E-state index in [2.05, 4.69) is 5.32 Å². The summed E-state index contributed by atoms with van der Waals surface area (Å²) < 4.78 is 0. The first-order chi connectivity index (χ1) is 7.74. The molecule has 0 aliphatic rings. The van der Waals surface area contributed by atoms with Crippen molar-refractivity contribution in [3.05, 3.63) is 0 Å². The van der Waals surface area contributed by atoms with E-state index in [1.165, 1.54) is 25.8 Å². The van der Waals surface area contributed by atoms with Crippen LogP contribution >= 0.6 is 0 Å². The van der Waals surface area contributed by atoms with Crippen molar-refractivity contribution < 1.29 is 19.5 Å². The van der Waals surface area contributed by atoms with Gasteiger partial charge in [0, 0.05) is 20.0 Å². The lowest BCUT2D eigenvalue weighted by molar-refractivity contribution is -0.151. The minimum atomic E-state index is -1.12. The fourth-order valence-corrected chi connectivity index (χ4v) is 1.19. The van der Waals surface area contributed by atoms with Crippen molar-refractivity contribution in [2.45, 2.75) is 27.2 Å². The molecule has 2 amide bonds. The van der Waals surface area contributed by atoms with Gasteiger partial charge in [-0.05, 0) is 20.8 Å². The van der Waals surface area contributed by atoms with E-state index < -0.39 is 11.4 Å². The van der Waals surface area contributed by atoms with Gasteiger partial charge in [0.05, 0.1) is 12.0 Å². The summed E-state index contributed by atoms with van der Waals surface area (Å²) in [5, 5.41) is 11.3. The average Bonchev–Trinajstić information content (AvgIpc) is 2.24. The Morgan fingerprint density at radius 1 is 1.29 bits per heavy atom. The Bertz CT molecular complexity index is 313. The van der Waals surface area contributed by atoms with Crippen LogP contribution in [0.1, 0.15) is 27.2 Å². The van der Waals surface area contributed by atoms with Crippen LogP contribution in [0, 0.1) is 5.41 Å². The maximum absolute atomic E-state index is 11.8. The second-order valence-corrected chi connectivity index (χ2v) is 4.45. The number of carbonyl (C=O) groups excluding carboxylic acids is 2. The lowest BCUT2D eigenvalue weighted by Crippen LogP contribution is -2.42. The lowest BCUT2D eigenvalue weighted by Gasteiger charge is -2.25. The van der Waals surface area contributed by atoms with Crippen LogP contribution < -0.4 is 5.32 Å². The van der Waals surface area contributed by atoms with Crippen molar-refractivity contribution in [3.8, 4) is 0 Å². The number of amides is 2. The molecular weight excluding hydrogens is 224 g/mol.